The average molecular weight is 187 g/mol. The van der Waals surface area contributed by atoms with Crippen molar-refractivity contribution in [1.29, 1.82) is 0 Å². The zero-order chi connectivity index (χ0) is 9.71. The van der Waals surface area contributed by atoms with Gasteiger partial charge >= 0.3 is 0 Å². The zero-order valence-electron chi connectivity index (χ0n) is 8.20. The van der Waals surface area contributed by atoms with E-state index in [0.717, 1.165) is 17.0 Å². The lowest BCUT2D eigenvalue weighted by Gasteiger charge is -2.03. The van der Waals surface area contributed by atoms with E-state index in [1.807, 2.05) is 18.2 Å². The number of nitrogens with two attached hydrogens (primary N) is 1. The van der Waals surface area contributed by atoms with Gasteiger partial charge in [0.1, 0.15) is 5.82 Å². The van der Waals surface area contributed by atoms with Gasteiger partial charge in [0.2, 0.25) is 0 Å². The average Bonchev–Trinajstić information content (AvgIpc) is 2.90. The van der Waals surface area contributed by atoms with E-state index in [-0.39, 0.29) is 0 Å². The van der Waals surface area contributed by atoms with Crippen molar-refractivity contribution < 1.29 is 0 Å². The topological polar surface area (TPSA) is 43.8 Å². The molecule has 0 amide bonds. The Kier molecular flexibility index (Phi) is 1.40. The molecule has 1 aliphatic rings. The van der Waals surface area contributed by atoms with E-state index in [1.165, 1.54) is 18.4 Å². The van der Waals surface area contributed by atoms with Crippen LogP contribution in [0.15, 0.2) is 18.2 Å². The molecule has 1 aromatic heterocycles. The predicted octanol–water partition coefficient (Wildman–Crippen LogP) is 2.26. The first-order valence-corrected chi connectivity index (χ1v) is 5.00. The van der Waals surface area contributed by atoms with Gasteiger partial charge in [-0.15, -0.1) is 0 Å². The summed E-state index contributed by atoms with van der Waals surface area (Å²) in [6.07, 6.45) is 2.56. The highest BCUT2D eigenvalue weighted by molar-refractivity contribution is 5.80. The molecular formula is C11H13N3. The third kappa shape index (κ3) is 1.02. The van der Waals surface area contributed by atoms with Gasteiger partial charge in [-0.2, -0.15) is 0 Å². The predicted molar refractivity (Wildman–Crippen MR) is 57.2 cm³/mol. The molecule has 3 rings (SSSR count). The molecule has 1 aliphatic carbocycles. The van der Waals surface area contributed by atoms with Crippen LogP contribution in [0, 0.1) is 6.92 Å². The Balaban J connectivity index is 2.34. The molecule has 0 radical (unpaired) electrons. The Morgan fingerprint density at radius 3 is 2.93 bits per heavy atom. The molecule has 72 valence electrons. The van der Waals surface area contributed by atoms with Crippen LogP contribution in [0.2, 0.25) is 0 Å². The molecular weight excluding hydrogens is 174 g/mol. The van der Waals surface area contributed by atoms with Crippen LogP contribution in [0.3, 0.4) is 0 Å². The van der Waals surface area contributed by atoms with E-state index < -0.39 is 0 Å². The highest BCUT2D eigenvalue weighted by Gasteiger charge is 2.26. The Morgan fingerprint density at radius 1 is 1.43 bits per heavy atom. The number of nitrogen functional groups attached to an aromatic ring is 1. The molecule has 1 saturated carbocycles. The van der Waals surface area contributed by atoms with Gasteiger partial charge in [-0.05, 0) is 38.0 Å². The second-order valence-electron chi connectivity index (χ2n) is 4.01. The van der Waals surface area contributed by atoms with E-state index in [2.05, 4.69) is 16.5 Å². The highest BCUT2D eigenvalue weighted by Crippen LogP contribution is 2.38. The maximum absolute atomic E-state index is 5.78. The number of benzene rings is 1. The summed E-state index contributed by atoms with van der Waals surface area (Å²) in [5, 5.41) is 0. The van der Waals surface area contributed by atoms with E-state index in [4.69, 9.17) is 5.73 Å². The maximum atomic E-state index is 5.78. The Bertz CT molecular complexity index is 494. The van der Waals surface area contributed by atoms with Crippen molar-refractivity contribution in [2.24, 2.45) is 0 Å². The van der Waals surface area contributed by atoms with E-state index >= 15 is 0 Å². The van der Waals surface area contributed by atoms with Gasteiger partial charge in [-0.1, -0.05) is 0 Å². The molecule has 0 spiro atoms. The first-order valence-electron chi connectivity index (χ1n) is 5.00. The standard InChI is InChI=1S/C11H13N3/c1-7-13-10-5-2-8(12)6-11(10)14(7)9-3-4-9/h2,5-6,9H,3-4,12H2,1H3. The Morgan fingerprint density at radius 2 is 2.21 bits per heavy atom. The van der Waals surface area contributed by atoms with Crippen LogP contribution in [0.1, 0.15) is 24.7 Å². The van der Waals surface area contributed by atoms with Crippen molar-refractivity contribution in [1.82, 2.24) is 9.55 Å². The summed E-state index contributed by atoms with van der Waals surface area (Å²) in [7, 11) is 0. The zero-order valence-corrected chi connectivity index (χ0v) is 8.20. The van der Waals surface area contributed by atoms with Gasteiger partial charge in [0.25, 0.3) is 0 Å². The molecule has 1 aromatic carbocycles. The van der Waals surface area contributed by atoms with Crippen LogP contribution < -0.4 is 5.73 Å². The lowest BCUT2D eigenvalue weighted by Crippen LogP contribution is -1.96. The maximum Gasteiger partial charge on any atom is 0.106 e. The lowest BCUT2D eigenvalue weighted by molar-refractivity contribution is 0.734. The number of imidazole rings is 1. The summed E-state index contributed by atoms with van der Waals surface area (Å²) in [4.78, 5) is 4.52. The monoisotopic (exact) mass is 187 g/mol. The minimum atomic E-state index is 0.668. The van der Waals surface area contributed by atoms with Crippen molar-refractivity contribution in [3.05, 3.63) is 24.0 Å². The molecule has 14 heavy (non-hydrogen) atoms. The second kappa shape index (κ2) is 2.50. The summed E-state index contributed by atoms with van der Waals surface area (Å²) in [6.45, 7) is 2.06. The largest absolute Gasteiger partial charge is 0.399 e. The second-order valence-corrected chi connectivity index (χ2v) is 4.01. The van der Waals surface area contributed by atoms with Crippen molar-refractivity contribution >= 4 is 16.7 Å². The molecule has 0 bridgehead atoms. The number of hydrogen-bond donors (Lipinski definition) is 1. The van der Waals surface area contributed by atoms with Crippen LogP contribution in [0.25, 0.3) is 11.0 Å². The van der Waals surface area contributed by atoms with Gasteiger partial charge in [0, 0.05) is 11.7 Å². The van der Waals surface area contributed by atoms with Crippen molar-refractivity contribution in [3.8, 4) is 0 Å². The smallest absolute Gasteiger partial charge is 0.106 e. The summed E-state index contributed by atoms with van der Waals surface area (Å²) in [6, 6.07) is 6.60. The van der Waals surface area contributed by atoms with E-state index in [9.17, 15) is 0 Å². The molecule has 0 atom stereocenters. The normalized spacial score (nSPS) is 16.4. The molecule has 3 heteroatoms. The quantitative estimate of drug-likeness (QED) is 0.696. The van der Waals surface area contributed by atoms with Crippen LogP contribution in [0.4, 0.5) is 5.69 Å². The minimum absolute atomic E-state index is 0.668. The van der Waals surface area contributed by atoms with Crippen molar-refractivity contribution in [2.45, 2.75) is 25.8 Å². The fourth-order valence-corrected chi connectivity index (χ4v) is 2.02. The van der Waals surface area contributed by atoms with Gasteiger partial charge in [-0.25, -0.2) is 4.98 Å². The summed E-state index contributed by atoms with van der Waals surface area (Å²) in [5.41, 5.74) is 8.84. The number of rotatable bonds is 1. The van der Waals surface area contributed by atoms with Crippen molar-refractivity contribution in [2.75, 3.05) is 5.73 Å². The molecule has 2 N–H and O–H groups in total. The van der Waals surface area contributed by atoms with Crippen LogP contribution in [-0.4, -0.2) is 9.55 Å². The summed E-state index contributed by atoms with van der Waals surface area (Å²) in [5.74, 6) is 1.10. The molecule has 0 saturated heterocycles. The SMILES string of the molecule is Cc1nc2ccc(N)cc2n1C1CC1. The summed E-state index contributed by atoms with van der Waals surface area (Å²) >= 11 is 0. The first-order chi connectivity index (χ1) is 6.75. The number of nitrogens with zero attached hydrogens (tertiary/aromatic N) is 2. The first kappa shape index (κ1) is 7.85. The van der Waals surface area contributed by atoms with Gasteiger partial charge in [-0.3, -0.25) is 0 Å². The van der Waals surface area contributed by atoms with E-state index in [1.54, 1.807) is 0 Å². The third-order valence-electron chi connectivity index (χ3n) is 2.80. The lowest BCUT2D eigenvalue weighted by atomic mass is 10.3. The molecule has 1 fully saturated rings. The fourth-order valence-electron chi connectivity index (χ4n) is 2.02. The van der Waals surface area contributed by atoms with Crippen LogP contribution in [0.5, 0.6) is 0 Å². The van der Waals surface area contributed by atoms with E-state index in [0.29, 0.717) is 6.04 Å². The number of hydrogen-bond acceptors (Lipinski definition) is 2. The number of fused-ring (bicyclic) bond motifs is 1. The van der Waals surface area contributed by atoms with Gasteiger partial charge in [0.05, 0.1) is 11.0 Å². The van der Waals surface area contributed by atoms with Crippen LogP contribution >= 0.6 is 0 Å². The molecule has 0 unspecified atom stereocenters. The summed E-state index contributed by atoms with van der Waals surface area (Å²) < 4.78 is 2.31. The highest BCUT2D eigenvalue weighted by atomic mass is 15.1. The fraction of sp³-hybridized carbons (Fsp3) is 0.364. The molecule has 0 aliphatic heterocycles. The third-order valence-corrected chi connectivity index (χ3v) is 2.80. The van der Waals surface area contributed by atoms with Crippen molar-refractivity contribution in [3.63, 3.8) is 0 Å². The number of aryl methyl sites for hydroxylation is 1. The Labute approximate surface area is 82.5 Å². The van der Waals surface area contributed by atoms with Gasteiger partial charge in [0.15, 0.2) is 0 Å². The van der Waals surface area contributed by atoms with Gasteiger partial charge < -0.3 is 10.3 Å². The molecule has 2 aromatic rings. The van der Waals surface area contributed by atoms with Crippen LogP contribution in [-0.2, 0) is 0 Å². The number of aromatic nitrogens is 2. The number of anilines is 1. The Hall–Kier alpha value is -1.51. The molecule has 1 heterocycles. The minimum Gasteiger partial charge on any atom is -0.399 e. The molecule has 3 nitrogen and oxygen atoms in total.